The molecule has 1 aromatic carbocycles. The first kappa shape index (κ1) is 16.7. The number of nitrogens with one attached hydrogen (secondary N) is 1. The lowest BCUT2D eigenvalue weighted by Crippen LogP contribution is -2.40. The van der Waals surface area contributed by atoms with E-state index in [0.29, 0.717) is 6.42 Å². The van der Waals surface area contributed by atoms with Crippen molar-refractivity contribution in [2.45, 2.75) is 32.8 Å². The highest BCUT2D eigenvalue weighted by atomic mass is 32.1. The number of aliphatic hydroxyl groups is 1. The smallest absolute Gasteiger partial charge is 0.223 e. The molecule has 118 valence electrons. The highest BCUT2D eigenvalue weighted by molar-refractivity contribution is 7.10. The van der Waals surface area contributed by atoms with Gasteiger partial charge in [-0.3, -0.25) is 4.79 Å². The van der Waals surface area contributed by atoms with E-state index in [1.54, 1.807) is 6.92 Å². The first-order chi connectivity index (χ1) is 10.4. The highest BCUT2D eigenvalue weighted by Gasteiger charge is 2.25. The Morgan fingerprint density at radius 2 is 2.00 bits per heavy atom. The molecule has 0 bridgehead atoms. The summed E-state index contributed by atoms with van der Waals surface area (Å²) in [5, 5.41) is 15.2. The lowest BCUT2D eigenvalue weighted by atomic mass is 9.99. The van der Waals surface area contributed by atoms with Crippen LogP contribution in [0.1, 0.15) is 29.9 Å². The van der Waals surface area contributed by atoms with Crippen molar-refractivity contribution in [3.8, 4) is 0 Å². The maximum Gasteiger partial charge on any atom is 0.223 e. The first-order valence-electron chi connectivity index (χ1n) is 7.48. The summed E-state index contributed by atoms with van der Waals surface area (Å²) in [5.41, 5.74) is 1.35. The third-order valence-corrected chi connectivity index (χ3v) is 4.89. The Bertz CT molecular complexity index is 603. The number of hydrogen-bond acceptors (Lipinski definition) is 3. The van der Waals surface area contributed by atoms with E-state index in [2.05, 4.69) is 29.6 Å². The minimum absolute atomic E-state index is 0.0302. The van der Waals surface area contributed by atoms with Crippen molar-refractivity contribution in [1.82, 2.24) is 5.32 Å². The fourth-order valence-corrected chi connectivity index (χ4v) is 3.06. The summed E-state index contributed by atoms with van der Waals surface area (Å²) in [4.78, 5) is 13.1. The molecule has 2 atom stereocenters. The Morgan fingerprint density at radius 3 is 2.59 bits per heavy atom. The summed E-state index contributed by atoms with van der Waals surface area (Å²) in [7, 11) is 0. The van der Waals surface area contributed by atoms with Crippen molar-refractivity contribution >= 4 is 17.2 Å². The lowest BCUT2D eigenvalue weighted by molar-refractivity contribution is -0.125. The molecule has 1 aromatic heterocycles. The number of hydrogen-bond donors (Lipinski definition) is 2. The minimum atomic E-state index is -1.02. The van der Waals surface area contributed by atoms with Gasteiger partial charge in [-0.2, -0.15) is 0 Å². The van der Waals surface area contributed by atoms with Crippen LogP contribution in [0.25, 0.3) is 0 Å². The van der Waals surface area contributed by atoms with Crippen LogP contribution < -0.4 is 5.32 Å². The van der Waals surface area contributed by atoms with Crippen LogP contribution in [0.5, 0.6) is 0 Å². The van der Waals surface area contributed by atoms with Crippen LogP contribution in [0.3, 0.4) is 0 Å². The quantitative estimate of drug-likeness (QED) is 0.859. The Labute approximate surface area is 136 Å². The first-order valence-corrected chi connectivity index (χ1v) is 8.36. The predicted molar refractivity (Wildman–Crippen MR) is 90.9 cm³/mol. The van der Waals surface area contributed by atoms with Crippen LogP contribution in [-0.4, -0.2) is 17.6 Å². The summed E-state index contributed by atoms with van der Waals surface area (Å²) in [6.45, 7) is 5.91. The van der Waals surface area contributed by atoms with Crippen molar-refractivity contribution < 1.29 is 9.90 Å². The third kappa shape index (κ3) is 4.42. The van der Waals surface area contributed by atoms with Crippen LogP contribution in [0.15, 0.2) is 41.8 Å². The van der Waals surface area contributed by atoms with Crippen molar-refractivity contribution in [2.24, 2.45) is 5.92 Å². The van der Waals surface area contributed by atoms with E-state index in [1.807, 2.05) is 31.4 Å². The molecule has 2 aromatic rings. The normalized spacial score (nSPS) is 15.1. The van der Waals surface area contributed by atoms with Gasteiger partial charge in [-0.25, -0.2) is 0 Å². The van der Waals surface area contributed by atoms with Crippen molar-refractivity contribution in [2.75, 3.05) is 6.54 Å². The zero-order valence-corrected chi connectivity index (χ0v) is 14.1. The zero-order valence-electron chi connectivity index (χ0n) is 13.3. The maximum absolute atomic E-state index is 12.2. The number of benzene rings is 1. The van der Waals surface area contributed by atoms with E-state index in [4.69, 9.17) is 0 Å². The molecule has 2 N–H and O–H groups in total. The van der Waals surface area contributed by atoms with Gasteiger partial charge in [0.2, 0.25) is 5.91 Å². The zero-order chi connectivity index (χ0) is 16.2. The topological polar surface area (TPSA) is 49.3 Å². The fourth-order valence-electron chi connectivity index (χ4n) is 2.28. The van der Waals surface area contributed by atoms with Crippen LogP contribution >= 0.6 is 11.3 Å². The number of thiophene rings is 1. The molecule has 2 rings (SSSR count). The predicted octanol–water partition coefficient (Wildman–Crippen LogP) is 3.26. The molecule has 3 nitrogen and oxygen atoms in total. The summed E-state index contributed by atoms with van der Waals surface area (Å²) in [5.74, 6) is -0.153. The van der Waals surface area contributed by atoms with Gasteiger partial charge < -0.3 is 10.4 Å². The van der Waals surface area contributed by atoms with Crippen LogP contribution in [-0.2, 0) is 16.8 Å². The molecule has 22 heavy (non-hydrogen) atoms. The molecular formula is C18H23NO2S. The number of carbonyl (C=O) groups is 1. The van der Waals surface area contributed by atoms with E-state index >= 15 is 0 Å². The Kier molecular flexibility index (Phi) is 5.37. The van der Waals surface area contributed by atoms with Crippen LogP contribution in [0.2, 0.25) is 0 Å². The van der Waals surface area contributed by atoms with E-state index in [-0.39, 0.29) is 18.4 Å². The molecule has 1 heterocycles. The van der Waals surface area contributed by atoms with Gasteiger partial charge in [0.1, 0.15) is 5.60 Å². The molecule has 0 spiro atoms. The molecule has 2 unspecified atom stereocenters. The second kappa shape index (κ2) is 7.07. The lowest BCUT2D eigenvalue weighted by Gasteiger charge is -2.23. The summed E-state index contributed by atoms with van der Waals surface area (Å²) in [6, 6.07) is 12.0. The standard InChI is InChI=1S/C18H23NO2S/c1-13-6-8-15(9-7-13)11-14(2)17(20)19-12-18(3,21)16-5-4-10-22-16/h4-10,14,21H,11-12H2,1-3H3,(H,19,20). The monoisotopic (exact) mass is 317 g/mol. The van der Waals surface area contributed by atoms with E-state index in [9.17, 15) is 9.90 Å². The second-order valence-corrected chi connectivity index (χ2v) is 7.01. The molecule has 0 aliphatic carbocycles. The number of carbonyl (C=O) groups excluding carboxylic acids is 1. The summed E-state index contributed by atoms with van der Waals surface area (Å²) in [6.07, 6.45) is 0.702. The molecule has 0 aliphatic rings. The summed E-state index contributed by atoms with van der Waals surface area (Å²) < 4.78 is 0. The number of aryl methyl sites for hydroxylation is 1. The molecule has 0 saturated heterocycles. The minimum Gasteiger partial charge on any atom is -0.383 e. The Balaban J connectivity index is 1.87. The number of rotatable bonds is 6. The average molecular weight is 317 g/mol. The Morgan fingerprint density at radius 1 is 1.32 bits per heavy atom. The van der Waals surface area contributed by atoms with Gasteiger partial charge >= 0.3 is 0 Å². The van der Waals surface area contributed by atoms with Gasteiger partial charge in [-0.05, 0) is 37.3 Å². The van der Waals surface area contributed by atoms with Crippen molar-refractivity contribution in [3.63, 3.8) is 0 Å². The van der Waals surface area contributed by atoms with Crippen molar-refractivity contribution in [3.05, 3.63) is 57.8 Å². The third-order valence-electron chi connectivity index (χ3n) is 3.77. The van der Waals surface area contributed by atoms with Gasteiger partial charge in [0.05, 0.1) is 6.54 Å². The molecule has 4 heteroatoms. The van der Waals surface area contributed by atoms with E-state index in [1.165, 1.54) is 16.9 Å². The largest absolute Gasteiger partial charge is 0.383 e. The van der Waals surface area contributed by atoms with E-state index < -0.39 is 5.60 Å². The van der Waals surface area contributed by atoms with Crippen LogP contribution in [0, 0.1) is 12.8 Å². The SMILES string of the molecule is Cc1ccc(CC(C)C(=O)NCC(C)(O)c2cccs2)cc1. The molecule has 1 amide bonds. The van der Waals surface area contributed by atoms with Gasteiger partial charge in [-0.1, -0.05) is 42.8 Å². The molecule has 0 radical (unpaired) electrons. The van der Waals surface area contributed by atoms with E-state index in [0.717, 1.165) is 10.4 Å². The molecule has 0 saturated carbocycles. The number of amides is 1. The van der Waals surface area contributed by atoms with Gasteiger partial charge in [0.25, 0.3) is 0 Å². The highest BCUT2D eigenvalue weighted by Crippen LogP contribution is 2.24. The fraction of sp³-hybridized carbons (Fsp3) is 0.389. The molecular weight excluding hydrogens is 294 g/mol. The van der Waals surface area contributed by atoms with Crippen LogP contribution in [0.4, 0.5) is 0 Å². The maximum atomic E-state index is 12.2. The van der Waals surface area contributed by atoms with Gasteiger partial charge in [0, 0.05) is 10.8 Å². The summed E-state index contributed by atoms with van der Waals surface area (Å²) >= 11 is 1.49. The van der Waals surface area contributed by atoms with Gasteiger partial charge in [-0.15, -0.1) is 11.3 Å². The van der Waals surface area contributed by atoms with Crippen molar-refractivity contribution in [1.29, 1.82) is 0 Å². The molecule has 0 aliphatic heterocycles. The molecule has 0 fully saturated rings. The second-order valence-electron chi connectivity index (χ2n) is 6.06. The van der Waals surface area contributed by atoms with Gasteiger partial charge in [0.15, 0.2) is 0 Å². The Hall–Kier alpha value is -1.65. The average Bonchev–Trinajstić information content (AvgIpc) is 3.02.